The summed E-state index contributed by atoms with van der Waals surface area (Å²) in [5.74, 6) is 1.26. The Morgan fingerprint density at radius 3 is 2.66 bits per heavy atom. The minimum atomic E-state index is -0.347. The first-order valence-electron chi connectivity index (χ1n) is 10.5. The smallest absolute Gasteiger partial charge is 0.248 e. The number of phenolic OH excluding ortho intramolecular Hbond substituents is 2. The van der Waals surface area contributed by atoms with Crippen LogP contribution in [0.1, 0.15) is 24.8 Å². The number of hydrogen-bond acceptors (Lipinski definition) is 6. The fourth-order valence-electron chi connectivity index (χ4n) is 3.32. The van der Waals surface area contributed by atoms with Crippen molar-refractivity contribution in [2.75, 3.05) is 17.2 Å². The number of benzene rings is 2. The van der Waals surface area contributed by atoms with E-state index in [2.05, 4.69) is 15.6 Å². The van der Waals surface area contributed by atoms with Gasteiger partial charge in [-0.25, -0.2) is 4.98 Å². The molecule has 1 saturated carbocycles. The highest BCUT2D eigenvalue weighted by atomic mass is 16.5. The predicted molar refractivity (Wildman–Crippen MR) is 124 cm³/mol. The monoisotopic (exact) mass is 431 g/mol. The molecule has 1 aliphatic rings. The number of pyridine rings is 1. The average Bonchev–Trinajstić information content (AvgIpc) is 2.75. The van der Waals surface area contributed by atoms with Crippen LogP contribution in [0.2, 0.25) is 0 Å². The van der Waals surface area contributed by atoms with Crippen LogP contribution < -0.4 is 15.4 Å². The van der Waals surface area contributed by atoms with Crippen molar-refractivity contribution in [3.63, 3.8) is 0 Å². The second-order valence-corrected chi connectivity index (χ2v) is 7.70. The van der Waals surface area contributed by atoms with Gasteiger partial charge in [-0.3, -0.25) is 4.79 Å². The Hall–Kier alpha value is -4.00. The molecule has 0 spiro atoms. The maximum atomic E-state index is 12.6. The highest BCUT2D eigenvalue weighted by Gasteiger charge is 2.19. The molecule has 0 bridgehead atoms. The molecule has 7 nitrogen and oxygen atoms in total. The molecule has 4 rings (SSSR count). The first-order chi connectivity index (χ1) is 15.6. The number of ether oxygens (including phenoxy) is 1. The van der Waals surface area contributed by atoms with Crippen LogP contribution in [0.15, 0.2) is 66.9 Å². The second kappa shape index (κ2) is 9.87. The van der Waals surface area contributed by atoms with E-state index in [1.165, 1.54) is 12.5 Å². The first kappa shape index (κ1) is 21.2. The number of nitrogens with one attached hydrogen (secondary N) is 2. The number of aromatic nitrogens is 1. The van der Waals surface area contributed by atoms with Gasteiger partial charge in [0.2, 0.25) is 5.91 Å². The van der Waals surface area contributed by atoms with Crippen LogP contribution in [0.5, 0.6) is 17.2 Å². The van der Waals surface area contributed by atoms with E-state index in [4.69, 9.17) is 4.74 Å². The molecule has 1 aromatic heterocycles. The quantitative estimate of drug-likeness (QED) is 0.293. The summed E-state index contributed by atoms with van der Waals surface area (Å²) in [6.07, 6.45) is 8.14. The van der Waals surface area contributed by atoms with Crippen molar-refractivity contribution in [1.82, 2.24) is 4.98 Å². The number of para-hydroxylation sites is 1. The molecular formula is C25H25N3O4. The van der Waals surface area contributed by atoms with Gasteiger partial charge in [0, 0.05) is 23.5 Å². The Kier molecular flexibility index (Phi) is 6.55. The Balaban J connectivity index is 1.44. The van der Waals surface area contributed by atoms with Crippen molar-refractivity contribution in [3.8, 4) is 17.2 Å². The number of hydrogen-bond donors (Lipinski definition) is 4. The molecule has 0 atom stereocenters. The summed E-state index contributed by atoms with van der Waals surface area (Å²) in [7, 11) is 0. The van der Waals surface area contributed by atoms with E-state index < -0.39 is 0 Å². The highest BCUT2D eigenvalue weighted by Crippen LogP contribution is 2.34. The molecule has 164 valence electrons. The first-order valence-corrected chi connectivity index (χ1v) is 10.5. The lowest BCUT2D eigenvalue weighted by molar-refractivity contribution is -0.111. The maximum Gasteiger partial charge on any atom is 0.248 e. The van der Waals surface area contributed by atoms with Gasteiger partial charge >= 0.3 is 0 Å². The third-order valence-electron chi connectivity index (χ3n) is 5.32. The summed E-state index contributed by atoms with van der Waals surface area (Å²) in [6, 6.07) is 15.1. The summed E-state index contributed by atoms with van der Waals surface area (Å²) in [5, 5.41) is 25.6. The Morgan fingerprint density at radius 1 is 1.09 bits per heavy atom. The largest absolute Gasteiger partial charge is 0.508 e. The molecular weight excluding hydrogens is 406 g/mol. The van der Waals surface area contributed by atoms with Crippen LogP contribution in [-0.2, 0) is 4.79 Å². The van der Waals surface area contributed by atoms with E-state index in [1.807, 2.05) is 0 Å². The summed E-state index contributed by atoms with van der Waals surface area (Å²) in [4.78, 5) is 16.8. The zero-order chi connectivity index (χ0) is 22.3. The highest BCUT2D eigenvalue weighted by molar-refractivity contribution is 6.03. The van der Waals surface area contributed by atoms with Gasteiger partial charge in [-0.05, 0) is 67.3 Å². The van der Waals surface area contributed by atoms with E-state index in [9.17, 15) is 15.0 Å². The zero-order valence-corrected chi connectivity index (χ0v) is 17.5. The summed E-state index contributed by atoms with van der Waals surface area (Å²) < 4.78 is 5.85. The lowest BCUT2D eigenvalue weighted by Crippen LogP contribution is -2.19. The summed E-state index contributed by atoms with van der Waals surface area (Å²) >= 11 is 0. The van der Waals surface area contributed by atoms with Gasteiger partial charge < -0.3 is 25.6 Å². The normalized spacial score (nSPS) is 13.5. The molecule has 1 fully saturated rings. The number of carbonyl (C=O) groups excluding carboxylic acids is 1. The lowest BCUT2D eigenvalue weighted by atomic mass is 9.86. The molecule has 1 heterocycles. The molecule has 1 aliphatic carbocycles. The molecule has 4 N–H and O–H groups in total. The average molecular weight is 431 g/mol. The number of anilines is 3. The standard InChI is InChI=1S/C25H25N3O4/c29-20-12-10-19(11-13-20)27-25-21(7-3-15-26-25)28-23(31)14-9-18-6-2-8-22(30)24(18)32-16-17-4-1-5-17/h2-3,6-15,17,29-30H,1,4-5,16H2,(H,26,27)(H,28,31)/b14-9+. The number of amides is 1. The molecule has 1 amide bonds. The fraction of sp³-hybridized carbons (Fsp3) is 0.200. The Bertz CT molecular complexity index is 1110. The molecule has 32 heavy (non-hydrogen) atoms. The molecule has 0 radical (unpaired) electrons. The fourth-order valence-corrected chi connectivity index (χ4v) is 3.32. The second-order valence-electron chi connectivity index (χ2n) is 7.70. The summed E-state index contributed by atoms with van der Waals surface area (Å²) in [6.45, 7) is 0.562. The lowest BCUT2D eigenvalue weighted by Gasteiger charge is -2.25. The number of rotatable bonds is 8. The van der Waals surface area contributed by atoms with E-state index in [0.717, 1.165) is 18.5 Å². The summed E-state index contributed by atoms with van der Waals surface area (Å²) in [5.41, 5.74) is 1.86. The van der Waals surface area contributed by atoms with Crippen LogP contribution in [0, 0.1) is 5.92 Å². The Morgan fingerprint density at radius 2 is 1.91 bits per heavy atom. The van der Waals surface area contributed by atoms with Crippen molar-refractivity contribution in [2.45, 2.75) is 19.3 Å². The molecule has 2 aromatic carbocycles. The van der Waals surface area contributed by atoms with Crippen molar-refractivity contribution in [1.29, 1.82) is 0 Å². The number of carbonyl (C=O) groups is 1. The number of phenols is 2. The van der Waals surface area contributed by atoms with E-state index in [-0.39, 0.29) is 17.4 Å². The minimum Gasteiger partial charge on any atom is -0.508 e. The van der Waals surface area contributed by atoms with Crippen LogP contribution in [0.4, 0.5) is 17.2 Å². The molecule has 0 saturated heterocycles. The van der Waals surface area contributed by atoms with Gasteiger partial charge in [-0.1, -0.05) is 18.6 Å². The van der Waals surface area contributed by atoms with Gasteiger partial charge in [0.05, 0.1) is 12.3 Å². The van der Waals surface area contributed by atoms with Crippen molar-refractivity contribution in [2.24, 2.45) is 5.92 Å². The number of aromatic hydroxyl groups is 2. The SMILES string of the molecule is O=C(/C=C/c1cccc(O)c1OCC1CCC1)Nc1cccnc1Nc1ccc(O)cc1. The van der Waals surface area contributed by atoms with E-state index in [0.29, 0.717) is 35.3 Å². The van der Waals surface area contributed by atoms with Gasteiger partial charge in [0.15, 0.2) is 17.3 Å². The minimum absolute atomic E-state index is 0.0551. The molecule has 0 aliphatic heterocycles. The van der Waals surface area contributed by atoms with Crippen molar-refractivity contribution in [3.05, 3.63) is 72.4 Å². The Labute approximate surface area is 186 Å². The van der Waals surface area contributed by atoms with Crippen LogP contribution in [0.3, 0.4) is 0 Å². The van der Waals surface area contributed by atoms with Crippen molar-refractivity contribution < 1.29 is 19.7 Å². The third-order valence-corrected chi connectivity index (χ3v) is 5.32. The van der Waals surface area contributed by atoms with Gasteiger partial charge in [0.1, 0.15) is 5.75 Å². The van der Waals surface area contributed by atoms with Crippen LogP contribution >= 0.6 is 0 Å². The topological polar surface area (TPSA) is 104 Å². The zero-order valence-electron chi connectivity index (χ0n) is 17.5. The predicted octanol–water partition coefficient (Wildman–Crippen LogP) is 5.07. The van der Waals surface area contributed by atoms with Gasteiger partial charge in [-0.2, -0.15) is 0 Å². The molecule has 0 unspecified atom stereocenters. The maximum absolute atomic E-state index is 12.6. The van der Waals surface area contributed by atoms with Crippen LogP contribution in [0.25, 0.3) is 6.08 Å². The molecule has 3 aromatic rings. The van der Waals surface area contributed by atoms with Gasteiger partial charge in [-0.15, -0.1) is 0 Å². The van der Waals surface area contributed by atoms with Crippen molar-refractivity contribution >= 4 is 29.2 Å². The van der Waals surface area contributed by atoms with Gasteiger partial charge in [0.25, 0.3) is 0 Å². The molecule has 7 heteroatoms. The number of nitrogens with zero attached hydrogens (tertiary/aromatic N) is 1. The van der Waals surface area contributed by atoms with E-state index >= 15 is 0 Å². The van der Waals surface area contributed by atoms with E-state index in [1.54, 1.807) is 66.9 Å². The van der Waals surface area contributed by atoms with Crippen LogP contribution in [-0.4, -0.2) is 27.7 Å². The third kappa shape index (κ3) is 5.37.